The molecule has 82 valence electrons. The molecule has 1 unspecified atom stereocenters. The molecule has 2 nitrogen and oxygen atoms in total. The number of hydrogen-bond acceptors (Lipinski definition) is 2. The molecule has 4 heteroatoms. The first kappa shape index (κ1) is 12.3. The normalized spacial score (nSPS) is 12.5. The quantitative estimate of drug-likeness (QED) is 0.915. The van der Waals surface area contributed by atoms with E-state index in [-0.39, 0.29) is 17.5 Å². The molecule has 0 aliphatic carbocycles. The molecule has 0 saturated carbocycles. The summed E-state index contributed by atoms with van der Waals surface area (Å²) in [6.07, 6.45) is 0.291. The summed E-state index contributed by atoms with van der Waals surface area (Å²) in [5.74, 6) is -0.392. The molecule has 0 bridgehead atoms. The molecule has 1 aromatic rings. The van der Waals surface area contributed by atoms with Crippen LogP contribution in [0.15, 0.2) is 22.7 Å². The van der Waals surface area contributed by atoms with E-state index in [9.17, 15) is 9.18 Å². The molecule has 1 rings (SSSR count). The minimum Gasteiger partial charge on any atom is -0.330 e. The highest BCUT2D eigenvalue weighted by molar-refractivity contribution is 9.10. The molecule has 0 aliphatic heterocycles. The van der Waals surface area contributed by atoms with Gasteiger partial charge in [0.2, 0.25) is 0 Å². The highest BCUT2D eigenvalue weighted by atomic mass is 79.9. The SMILES string of the molecule is CC(CN)C(=O)Cc1ccc(F)cc1Br. The summed E-state index contributed by atoms with van der Waals surface area (Å²) in [5.41, 5.74) is 6.19. The minimum atomic E-state index is -0.315. The van der Waals surface area contributed by atoms with Gasteiger partial charge in [0.1, 0.15) is 11.6 Å². The molecule has 15 heavy (non-hydrogen) atoms. The number of hydrogen-bond donors (Lipinski definition) is 1. The maximum atomic E-state index is 12.8. The third-order valence-electron chi connectivity index (χ3n) is 2.28. The molecule has 1 aromatic carbocycles. The van der Waals surface area contributed by atoms with Crippen molar-refractivity contribution in [1.29, 1.82) is 0 Å². The van der Waals surface area contributed by atoms with Crippen LogP contribution in [-0.2, 0) is 11.2 Å². The molecule has 0 aliphatic rings. The Morgan fingerprint density at radius 1 is 1.60 bits per heavy atom. The van der Waals surface area contributed by atoms with Gasteiger partial charge in [0.05, 0.1) is 0 Å². The average molecular weight is 274 g/mol. The van der Waals surface area contributed by atoms with Gasteiger partial charge in [-0.3, -0.25) is 4.79 Å². The smallest absolute Gasteiger partial charge is 0.141 e. The van der Waals surface area contributed by atoms with E-state index in [1.54, 1.807) is 13.0 Å². The fourth-order valence-electron chi connectivity index (χ4n) is 1.16. The topological polar surface area (TPSA) is 43.1 Å². The molecular weight excluding hydrogens is 261 g/mol. The maximum Gasteiger partial charge on any atom is 0.141 e. The van der Waals surface area contributed by atoms with Crippen molar-refractivity contribution in [2.24, 2.45) is 11.7 Å². The first-order valence-corrected chi connectivity index (χ1v) is 5.50. The van der Waals surface area contributed by atoms with Crippen LogP contribution in [0.5, 0.6) is 0 Å². The standard InChI is InChI=1S/C11H13BrFNO/c1-7(6-14)11(15)4-8-2-3-9(13)5-10(8)12/h2-3,5,7H,4,6,14H2,1H3. The number of benzene rings is 1. The first-order valence-electron chi connectivity index (χ1n) is 4.71. The van der Waals surface area contributed by atoms with Crippen molar-refractivity contribution in [3.05, 3.63) is 34.1 Å². The van der Waals surface area contributed by atoms with Crippen LogP contribution in [0.4, 0.5) is 4.39 Å². The molecule has 1 atom stereocenters. The number of halogens is 2. The van der Waals surface area contributed by atoms with Crippen LogP contribution in [0, 0.1) is 11.7 Å². The van der Waals surface area contributed by atoms with Crippen molar-refractivity contribution in [3.8, 4) is 0 Å². The van der Waals surface area contributed by atoms with Crippen molar-refractivity contribution in [2.45, 2.75) is 13.3 Å². The van der Waals surface area contributed by atoms with Crippen molar-refractivity contribution in [1.82, 2.24) is 0 Å². The van der Waals surface area contributed by atoms with Crippen LogP contribution in [0.3, 0.4) is 0 Å². The highest BCUT2D eigenvalue weighted by Crippen LogP contribution is 2.19. The monoisotopic (exact) mass is 273 g/mol. The Hall–Kier alpha value is -0.740. The van der Waals surface area contributed by atoms with Crippen LogP contribution in [0.25, 0.3) is 0 Å². The summed E-state index contributed by atoms with van der Waals surface area (Å²) < 4.78 is 13.4. The van der Waals surface area contributed by atoms with Gasteiger partial charge in [-0.1, -0.05) is 28.9 Å². The predicted octanol–water partition coefficient (Wildman–Crippen LogP) is 2.29. The first-order chi connectivity index (χ1) is 7.04. The second-order valence-corrected chi connectivity index (χ2v) is 4.37. The molecule has 0 amide bonds. The van der Waals surface area contributed by atoms with Crippen molar-refractivity contribution in [3.63, 3.8) is 0 Å². The Labute approximate surface area is 96.8 Å². The zero-order chi connectivity index (χ0) is 11.4. The van der Waals surface area contributed by atoms with Gasteiger partial charge in [-0.25, -0.2) is 4.39 Å². The lowest BCUT2D eigenvalue weighted by Gasteiger charge is -2.08. The Morgan fingerprint density at radius 2 is 2.27 bits per heavy atom. The maximum absolute atomic E-state index is 12.8. The Balaban J connectivity index is 2.77. The van der Waals surface area contributed by atoms with Gasteiger partial charge in [-0.15, -0.1) is 0 Å². The van der Waals surface area contributed by atoms with Gasteiger partial charge in [-0.05, 0) is 17.7 Å². The predicted molar refractivity (Wildman–Crippen MR) is 61.0 cm³/mol. The second kappa shape index (κ2) is 5.37. The lowest BCUT2D eigenvalue weighted by Crippen LogP contribution is -2.22. The molecule has 0 spiro atoms. The summed E-state index contributed by atoms with van der Waals surface area (Å²) in [4.78, 5) is 11.6. The van der Waals surface area contributed by atoms with E-state index >= 15 is 0 Å². The molecule has 0 fully saturated rings. The summed E-state index contributed by atoms with van der Waals surface area (Å²) in [6.45, 7) is 2.14. The van der Waals surface area contributed by atoms with E-state index in [1.807, 2.05) is 0 Å². The van der Waals surface area contributed by atoms with E-state index in [0.29, 0.717) is 17.4 Å². The van der Waals surface area contributed by atoms with Gasteiger partial charge in [-0.2, -0.15) is 0 Å². The minimum absolute atomic E-state index is 0.0739. The third kappa shape index (κ3) is 3.39. The fraction of sp³-hybridized carbons (Fsp3) is 0.364. The van der Waals surface area contributed by atoms with Gasteiger partial charge in [0.25, 0.3) is 0 Å². The van der Waals surface area contributed by atoms with Crippen molar-refractivity contribution >= 4 is 21.7 Å². The number of carbonyl (C=O) groups excluding carboxylic acids is 1. The highest BCUT2D eigenvalue weighted by Gasteiger charge is 2.13. The summed E-state index contributed by atoms with van der Waals surface area (Å²) >= 11 is 3.22. The summed E-state index contributed by atoms with van der Waals surface area (Å²) in [7, 11) is 0. The van der Waals surface area contributed by atoms with Crippen molar-refractivity contribution < 1.29 is 9.18 Å². The lowest BCUT2D eigenvalue weighted by atomic mass is 10.00. The van der Waals surface area contributed by atoms with E-state index in [2.05, 4.69) is 15.9 Å². The number of nitrogens with two attached hydrogens (primary N) is 1. The van der Waals surface area contributed by atoms with Gasteiger partial charge in [0.15, 0.2) is 0 Å². The number of rotatable bonds is 4. The largest absolute Gasteiger partial charge is 0.330 e. The molecule has 0 heterocycles. The zero-order valence-electron chi connectivity index (χ0n) is 8.47. The average Bonchev–Trinajstić information content (AvgIpc) is 2.20. The van der Waals surface area contributed by atoms with Crippen LogP contribution in [0.2, 0.25) is 0 Å². The van der Waals surface area contributed by atoms with Crippen molar-refractivity contribution in [2.75, 3.05) is 6.54 Å². The Bertz CT molecular complexity index is 368. The van der Waals surface area contributed by atoms with E-state index in [0.717, 1.165) is 5.56 Å². The van der Waals surface area contributed by atoms with Crippen LogP contribution >= 0.6 is 15.9 Å². The zero-order valence-corrected chi connectivity index (χ0v) is 10.1. The molecule has 0 radical (unpaired) electrons. The molecule has 0 aromatic heterocycles. The van der Waals surface area contributed by atoms with Crippen LogP contribution < -0.4 is 5.73 Å². The van der Waals surface area contributed by atoms with E-state index in [4.69, 9.17) is 5.73 Å². The van der Waals surface area contributed by atoms with Gasteiger partial charge >= 0.3 is 0 Å². The molecule has 0 saturated heterocycles. The van der Waals surface area contributed by atoms with E-state index in [1.165, 1.54) is 12.1 Å². The van der Waals surface area contributed by atoms with Crippen LogP contribution in [-0.4, -0.2) is 12.3 Å². The number of Topliss-reactive ketones (excluding diaryl/α,β-unsaturated/α-hetero) is 1. The lowest BCUT2D eigenvalue weighted by molar-refractivity contribution is -0.121. The van der Waals surface area contributed by atoms with E-state index < -0.39 is 0 Å². The third-order valence-corrected chi connectivity index (χ3v) is 3.02. The Morgan fingerprint density at radius 3 is 2.80 bits per heavy atom. The molecular formula is C11H13BrFNO. The van der Waals surface area contributed by atoms with Gasteiger partial charge in [0, 0.05) is 23.4 Å². The Kier molecular flexibility index (Phi) is 4.42. The second-order valence-electron chi connectivity index (χ2n) is 3.52. The van der Waals surface area contributed by atoms with Crippen LogP contribution in [0.1, 0.15) is 12.5 Å². The summed E-state index contributed by atoms with van der Waals surface area (Å²) in [6, 6.07) is 4.32. The fourth-order valence-corrected chi connectivity index (χ4v) is 1.65. The van der Waals surface area contributed by atoms with Gasteiger partial charge < -0.3 is 5.73 Å². The number of carbonyl (C=O) groups is 1. The summed E-state index contributed by atoms with van der Waals surface area (Å²) in [5, 5.41) is 0. The number of ketones is 1. The molecule has 2 N–H and O–H groups in total.